The molecule has 0 spiro atoms. The number of carbonyl (C=O) groups is 1. The molecule has 1 aromatic rings. The van der Waals surface area contributed by atoms with E-state index in [1.165, 1.54) is 11.3 Å². The molecule has 0 saturated carbocycles. The Bertz CT molecular complexity index is 565. The summed E-state index contributed by atoms with van der Waals surface area (Å²) in [5, 5.41) is 3.72. The first-order chi connectivity index (χ1) is 10.0. The highest BCUT2D eigenvalue weighted by atomic mass is 32.1. The van der Waals surface area contributed by atoms with Gasteiger partial charge in [-0.25, -0.2) is 4.98 Å². The molecule has 0 radical (unpaired) electrons. The number of anilines is 1. The Morgan fingerprint density at radius 3 is 3.10 bits per heavy atom. The molecule has 21 heavy (non-hydrogen) atoms. The summed E-state index contributed by atoms with van der Waals surface area (Å²) < 4.78 is 5.49. The minimum Gasteiger partial charge on any atom is -0.373 e. The van der Waals surface area contributed by atoms with Gasteiger partial charge in [0.25, 0.3) is 0 Å². The van der Waals surface area contributed by atoms with Gasteiger partial charge in [0.15, 0.2) is 5.13 Å². The smallest absolute Gasteiger partial charge is 0.232 e. The predicted molar refractivity (Wildman–Crippen MR) is 84.8 cm³/mol. The van der Waals surface area contributed by atoms with Crippen molar-refractivity contribution in [2.24, 2.45) is 5.92 Å². The van der Waals surface area contributed by atoms with Gasteiger partial charge in [0, 0.05) is 16.9 Å². The van der Waals surface area contributed by atoms with Crippen LogP contribution in [0.25, 0.3) is 0 Å². The van der Waals surface area contributed by atoms with E-state index < -0.39 is 0 Å². The number of amides is 1. The summed E-state index contributed by atoms with van der Waals surface area (Å²) in [6, 6.07) is 0. The van der Waals surface area contributed by atoms with Gasteiger partial charge in [-0.05, 0) is 25.7 Å². The Morgan fingerprint density at radius 1 is 1.57 bits per heavy atom. The van der Waals surface area contributed by atoms with Crippen LogP contribution in [0.5, 0.6) is 0 Å². The second-order valence-corrected chi connectivity index (χ2v) is 7.57. The first-order valence-electron chi connectivity index (χ1n) is 7.56. The van der Waals surface area contributed by atoms with Gasteiger partial charge in [-0.2, -0.15) is 0 Å². The van der Waals surface area contributed by atoms with Crippen molar-refractivity contribution in [3.05, 3.63) is 23.2 Å². The van der Waals surface area contributed by atoms with Crippen LogP contribution >= 0.6 is 11.3 Å². The zero-order valence-electron chi connectivity index (χ0n) is 12.6. The maximum atomic E-state index is 12.4. The van der Waals surface area contributed by atoms with Crippen LogP contribution in [0.2, 0.25) is 0 Å². The summed E-state index contributed by atoms with van der Waals surface area (Å²) >= 11 is 1.62. The minimum atomic E-state index is -0.170. The van der Waals surface area contributed by atoms with E-state index in [-0.39, 0.29) is 23.3 Å². The van der Waals surface area contributed by atoms with Crippen molar-refractivity contribution in [1.82, 2.24) is 4.98 Å². The molecule has 114 valence electrons. The number of nitrogens with zero attached hydrogens (tertiary/aromatic N) is 1. The molecule has 1 saturated heterocycles. The Balaban J connectivity index is 1.75. The zero-order chi connectivity index (χ0) is 15.0. The number of fused-ring (bicyclic) bond motifs is 1. The average Bonchev–Trinajstić information content (AvgIpc) is 3.04. The van der Waals surface area contributed by atoms with Gasteiger partial charge in [-0.3, -0.25) is 4.79 Å². The van der Waals surface area contributed by atoms with Gasteiger partial charge in [0.1, 0.15) is 0 Å². The highest BCUT2D eigenvalue weighted by molar-refractivity contribution is 7.15. The average molecular weight is 306 g/mol. The van der Waals surface area contributed by atoms with Crippen molar-refractivity contribution < 1.29 is 9.53 Å². The lowest BCUT2D eigenvalue weighted by molar-refractivity contribution is -0.120. The van der Waals surface area contributed by atoms with Crippen molar-refractivity contribution in [3.8, 4) is 0 Å². The molecule has 1 aromatic heterocycles. The van der Waals surface area contributed by atoms with E-state index in [0.717, 1.165) is 30.1 Å². The highest BCUT2D eigenvalue weighted by Gasteiger charge is 2.34. The molecule has 1 fully saturated rings. The molecule has 5 heteroatoms. The SMILES string of the molecule is C=C[C@@H]1OCC[C@H]1C(=O)Nc1nc2c(s1)CCCC2(C)C. The monoisotopic (exact) mass is 306 g/mol. The van der Waals surface area contributed by atoms with Gasteiger partial charge < -0.3 is 10.1 Å². The third-order valence-electron chi connectivity index (χ3n) is 4.48. The summed E-state index contributed by atoms with van der Waals surface area (Å²) in [4.78, 5) is 18.4. The lowest BCUT2D eigenvalue weighted by Gasteiger charge is -2.27. The summed E-state index contributed by atoms with van der Waals surface area (Å²) in [5.74, 6) is -0.141. The first-order valence-corrected chi connectivity index (χ1v) is 8.38. The fourth-order valence-electron chi connectivity index (χ4n) is 3.23. The molecule has 1 amide bonds. The van der Waals surface area contributed by atoms with Crippen LogP contribution in [-0.4, -0.2) is 23.6 Å². The Kier molecular flexibility index (Phi) is 3.88. The fraction of sp³-hybridized carbons (Fsp3) is 0.625. The van der Waals surface area contributed by atoms with Gasteiger partial charge in [0.2, 0.25) is 5.91 Å². The number of aromatic nitrogens is 1. The van der Waals surface area contributed by atoms with Crippen LogP contribution in [0.4, 0.5) is 5.13 Å². The van der Waals surface area contributed by atoms with Crippen LogP contribution in [0, 0.1) is 5.92 Å². The van der Waals surface area contributed by atoms with Crippen LogP contribution in [0.3, 0.4) is 0 Å². The van der Waals surface area contributed by atoms with E-state index in [4.69, 9.17) is 4.74 Å². The van der Waals surface area contributed by atoms with E-state index in [0.29, 0.717) is 6.61 Å². The molecule has 2 atom stereocenters. The molecular formula is C16H22N2O2S. The highest BCUT2D eigenvalue weighted by Crippen LogP contribution is 2.40. The van der Waals surface area contributed by atoms with Crippen molar-refractivity contribution in [3.63, 3.8) is 0 Å². The molecule has 1 aliphatic heterocycles. The third kappa shape index (κ3) is 2.77. The molecule has 2 heterocycles. The zero-order valence-corrected chi connectivity index (χ0v) is 13.5. The number of nitrogens with one attached hydrogen (secondary N) is 1. The molecule has 1 N–H and O–H groups in total. The lowest BCUT2D eigenvalue weighted by Crippen LogP contribution is -2.28. The van der Waals surface area contributed by atoms with Gasteiger partial charge in [-0.1, -0.05) is 19.9 Å². The topological polar surface area (TPSA) is 51.2 Å². The number of ether oxygens (including phenoxy) is 1. The maximum absolute atomic E-state index is 12.4. The van der Waals surface area contributed by atoms with Gasteiger partial charge in [0.05, 0.1) is 17.7 Å². The molecule has 4 nitrogen and oxygen atoms in total. The van der Waals surface area contributed by atoms with Crippen molar-refractivity contribution >= 4 is 22.4 Å². The Morgan fingerprint density at radius 2 is 2.38 bits per heavy atom. The number of rotatable bonds is 3. The standard InChI is InChI=1S/C16H22N2O2S/c1-4-11-10(7-9-20-11)14(19)18-15-17-13-12(21-15)6-5-8-16(13,2)3/h4,10-11H,1,5-9H2,2-3H3,(H,17,18,19)/t10-,11+/m1/s1. The molecule has 2 aliphatic rings. The molecule has 0 unspecified atom stereocenters. The molecular weight excluding hydrogens is 284 g/mol. The Labute approximate surface area is 129 Å². The molecule has 1 aliphatic carbocycles. The molecule has 0 bridgehead atoms. The van der Waals surface area contributed by atoms with Crippen LogP contribution in [0.15, 0.2) is 12.7 Å². The largest absolute Gasteiger partial charge is 0.373 e. The number of hydrogen-bond acceptors (Lipinski definition) is 4. The second-order valence-electron chi connectivity index (χ2n) is 6.48. The van der Waals surface area contributed by atoms with E-state index in [9.17, 15) is 4.79 Å². The number of thiazole rings is 1. The summed E-state index contributed by atoms with van der Waals surface area (Å²) in [5.41, 5.74) is 1.28. The number of carbonyl (C=O) groups excluding carboxylic acids is 1. The third-order valence-corrected chi connectivity index (χ3v) is 5.51. The van der Waals surface area contributed by atoms with Crippen LogP contribution in [0.1, 0.15) is 43.7 Å². The van der Waals surface area contributed by atoms with E-state index >= 15 is 0 Å². The normalized spacial score (nSPS) is 27.1. The maximum Gasteiger partial charge on any atom is 0.232 e. The minimum absolute atomic E-state index is 0.00121. The molecule has 0 aromatic carbocycles. The molecule has 3 rings (SSSR count). The second kappa shape index (κ2) is 5.54. The van der Waals surface area contributed by atoms with Crippen LogP contribution < -0.4 is 5.32 Å². The van der Waals surface area contributed by atoms with E-state index in [1.807, 2.05) is 0 Å². The fourth-order valence-corrected chi connectivity index (χ4v) is 4.42. The predicted octanol–water partition coefficient (Wildman–Crippen LogP) is 3.29. The van der Waals surface area contributed by atoms with Gasteiger partial charge in [-0.15, -0.1) is 17.9 Å². The first kappa shape index (κ1) is 14.7. The lowest BCUT2D eigenvalue weighted by atomic mass is 9.79. The van der Waals surface area contributed by atoms with Crippen molar-refractivity contribution in [2.75, 3.05) is 11.9 Å². The quantitative estimate of drug-likeness (QED) is 0.872. The van der Waals surface area contributed by atoms with E-state index in [2.05, 4.69) is 30.7 Å². The number of aryl methyl sites for hydroxylation is 1. The van der Waals surface area contributed by atoms with Crippen molar-refractivity contribution in [2.45, 2.75) is 51.0 Å². The van der Waals surface area contributed by atoms with Crippen molar-refractivity contribution in [1.29, 1.82) is 0 Å². The Hall–Kier alpha value is -1.20. The van der Waals surface area contributed by atoms with E-state index in [1.54, 1.807) is 17.4 Å². The summed E-state index contributed by atoms with van der Waals surface area (Å²) in [6.45, 7) is 8.82. The van der Waals surface area contributed by atoms with Crippen LogP contribution in [-0.2, 0) is 21.4 Å². The van der Waals surface area contributed by atoms with Gasteiger partial charge >= 0.3 is 0 Å². The number of hydrogen-bond donors (Lipinski definition) is 1. The summed E-state index contributed by atoms with van der Waals surface area (Å²) in [7, 11) is 0. The summed E-state index contributed by atoms with van der Waals surface area (Å²) in [6.07, 6.45) is 5.73.